The lowest BCUT2D eigenvalue weighted by atomic mass is 10.1. The van der Waals surface area contributed by atoms with Crippen LogP contribution in [0.3, 0.4) is 0 Å². The highest BCUT2D eigenvalue weighted by molar-refractivity contribution is 5.38. The molecule has 2 aromatic rings. The monoisotopic (exact) mass is 286 g/mol. The van der Waals surface area contributed by atoms with Crippen molar-refractivity contribution >= 4 is 0 Å². The van der Waals surface area contributed by atoms with Gasteiger partial charge in [-0.1, -0.05) is 25.1 Å². The highest BCUT2D eigenvalue weighted by atomic mass is 16.5. The minimum Gasteiger partial charge on any atom is -0.496 e. The van der Waals surface area contributed by atoms with E-state index in [2.05, 4.69) is 13.0 Å². The van der Waals surface area contributed by atoms with E-state index < -0.39 is 6.10 Å². The Balaban J connectivity index is 2.16. The number of aryl methyl sites for hydroxylation is 1. The lowest BCUT2D eigenvalue weighted by Crippen LogP contribution is -2.01. The third-order valence-electron chi connectivity index (χ3n) is 3.49. The van der Waals surface area contributed by atoms with E-state index in [-0.39, 0.29) is 0 Å². The van der Waals surface area contributed by atoms with Gasteiger partial charge in [-0.15, -0.1) is 0 Å². The zero-order valence-electron chi connectivity index (χ0n) is 12.8. The number of rotatable bonds is 6. The highest BCUT2D eigenvalue weighted by Crippen LogP contribution is 2.25. The van der Waals surface area contributed by atoms with Crippen LogP contribution in [0.4, 0.5) is 0 Å². The van der Waals surface area contributed by atoms with Crippen LogP contribution in [0, 0.1) is 0 Å². The van der Waals surface area contributed by atoms with E-state index in [1.165, 1.54) is 5.56 Å². The summed E-state index contributed by atoms with van der Waals surface area (Å²) in [6.07, 6.45) is 0.482. The molecule has 0 radical (unpaired) electrons. The maximum atomic E-state index is 9.68. The van der Waals surface area contributed by atoms with E-state index in [4.69, 9.17) is 9.47 Å². The maximum Gasteiger partial charge on any atom is 0.125 e. The second-order valence-corrected chi connectivity index (χ2v) is 5.04. The second-order valence-electron chi connectivity index (χ2n) is 5.04. The van der Waals surface area contributed by atoms with Gasteiger partial charge >= 0.3 is 0 Å². The molecule has 0 aromatic heterocycles. The quantitative estimate of drug-likeness (QED) is 0.875. The Morgan fingerprint density at radius 3 is 2.62 bits per heavy atom. The molecule has 3 nitrogen and oxygen atoms in total. The summed E-state index contributed by atoms with van der Waals surface area (Å²) < 4.78 is 11.2. The van der Waals surface area contributed by atoms with Gasteiger partial charge < -0.3 is 14.6 Å². The Kier molecular flexibility index (Phi) is 5.23. The maximum absolute atomic E-state index is 9.68. The van der Waals surface area contributed by atoms with Crippen LogP contribution in [0.15, 0.2) is 42.5 Å². The molecule has 1 atom stereocenters. The number of aliphatic hydroxyl groups is 1. The molecular formula is C18H22O3. The van der Waals surface area contributed by atoms with E-state index in [9.17, 15) is 5.11 Å². The molecule has 21 heavy (non-hydrogen) atoms. The van der Waals surface area contributed by atoms with Crippen molar-refractivity contribution in [1.82, 2.24) is 0 Å². The smallest absolute Gasteiger partial charge is 0.125 e. The van der Waals surface area contributed by atoms with Gasteiger partial charge in [0.25, 0.3) is 0 Å². The van der Waals surface area contributed by atoms with E-state index >= 15 is 0 Å². The minimum absolute atomic E-state index is 0.414. The Morgan fingerprint density at radius 2 is 1.95 bits per heavy atom. The zero-order chi connectivity index (χ0) is 15.2. The topological polar surface area (TPSA) is 38.7 Å². The molecule has 0 bridgehead atoms. The summed E-state index contributed by atoms with van der Waals surface area (Å²) in [6, 6.07) is 13.7. The fourth-order valence-corrected chi connectivity index (χ4v) is 2.19. The lowest BCUT2D eigenvalue weighted by molar-refractivity contribution is 0.198. The standard InChI is InChI=1S/C18H22O3/c1-4-14-6-5-7-17(10-14)21-12-16-11-15(13(2)19)8-9-18(16)20-3/h5-11,13,19H,4,12H2,1-3H3. The first-order valence-electron chi connectivity index (χ1n) is 7.20. The van der Waals surface area contributed by atoms with Gasteiger partial charge in [0, 0.05) is 5.56 Å². The summed E-state index contributed by atoms with van der Waals surface area (Å²) in [5.74, 6) is 1.62. The van der Waals surface area contributed by atoms with E-state index in [1.54, 1.807) is 14.0 Å². The largest absolute Gasteiger partial charge is 0.496 e. The first-order chi connectivity index (χ1) is 10.1. The molecule has 0 heterocycles. The number of methoxy groups -OCH3 is 1. The molecule has 0 saturated carbocycles. The average Bonchev–Trinajstić information content (AvgIpc) is 2.52. The van der Waals surface area contributed by atoms with Crippen LogP contribution >= 0.6 is 0 Å². The van der Waals surface area contributed by atoms with Crippen LogP contribution < -0.4 is 9.47 Å². The van der Waals surface area contributed by atoms with Gasteiger partial charge in [0.05, 0.1) is 13.2 Å². The lowest BCUT2D eigenvalue weighted by Gasteiger charge is -2.13. The van der Waals surface area contributed by atoms with Gasteiger partial charge in [-0.05, 0) is 48.7 Å². The van der Waals surface area contributed by atoms with Crippen molar-refractivity contribution in [3.63, 3.8) is 0 Å². The first kappa shape index (κ1) is 15.4. The van der Waals surface area contributed by atoms with Crippen molar-refractivity contribution in [1.29, 1.82) is 0 Å². The molecule has 1 N–H and O–H groups in total. The Labute approximate surface area is 126 Å². The summed E-state index contributed by atoms with van der Waals surface area (Å²) in [4.78, 5) is 0. The SMILES string of the molecule is CCc1cccc(OCc2cc(C(C)O)ccc2OC)c1. The molecule has 2 rings (SSSR count). The molecule has 0 aliphatic rings. The van der Waals surface area contributed by atoms with Crippen LogP contribution in [-0.4, -0.2) is 12.2 Å². The van der Waals surface area contributed by atoms with Crippen molar-refractivity contribution in [2.24, 2.45) is 0 Å². The number of hydrogen-bond donors (Lipinski definition) is 1. The number of hydrogen-bond acceptors (Lipinski definition) is 3. The van der Waals surface area contributed by atoms with Crippen LogP contribution in [0.25, 0.3) is 0 Å². The fraction of sp³-hybridized carbons (Fsp3) is 0.333. The van der Waals surface area contributed by atoms with Crippen LogP contribution in [-0.2, 0) is 13.0 Å². The van der Waals surface area contributed by atoms with Crippen molar-refractivity contribution in [2.45, 2.75) is 33.0 Å². The summed E-state index contributed by atoms with van der Waals surface area (Å²) in [5, 5.41) is 9.68. The molecular weight excluding hydrogens is 264 g/mol. The fourth-order valence-electron chi connectivity index (χ4n) is 2.19. The third kappa shape index (κ3) is 3.99. The molecule has 0 aliphatic carbocycles. The van der Waals surface area contributed by atoms with Crippen LogP contribution in [0.1, 0.15) is 36.6 Å². The number of benzene rings is 2. The van der Waals surface area contributed by atoms with E-state index in [1.807, 2.05) is 36.4 Å². The molecule has 0 spiro atoms. The van der Waals surface area contributed by atoms with Crippen LogP contribution in [0.5, 0.6) is 11.5 Å². The van der Waals surface area contributed by atoms with Gasteiger partial charge in [0.1, 0.15) is 18.1 Å². The van der Waals surface area contributed by atoms with Crippen LogP contribution in [0.2, 0.25) is 0 Å². The van der Waals surface area contributed by atoms with E-state index in [0.717, 1.165) is 29.0 Å². The Bertz CT molecular complexity index is 591. The van der Waals surface area contributed by atoms with Crippen molar-refractivity contribution < 1.29 is 14.6 Å². The zero-order valence-corrected chi connectivity index (χ0v) is 12.8. The Hall–Kier alpha value is -2.00. The Morgan fingerprint density at radius 1 is 1.14 bits per heavy atom. The molecule has 3 heteroatoms. The molecule has 0 saturated heterocycles. The first-order valence-corrected chi connectivity index (χ1v) is 7.20. The van der Waals surface area contributed by atoms with Gasteiger partial charge in [-0.25, -0.2) is 0 Å². The molecule has 0 amide bonds. The summed E-state index contributed by atoms with van der Waals surface area (Å²) >= 11 is 0. The predicted molar refractivity (Wildman–Crippen MR) is 83.8 cm³/mol. The number of aliphatic hydroxyl groups excluding tert-OH is 1. The predicted octanol–water partition coefficient (Wildman–Crippen LogP) is 3.89. The normalized spacial score (nSPS) is 12.0. The molecule has 112 valence electrons. The third-order valence-corrected chi connectivity index (χ3v) is 3.49. The molecule has 0 fully saturated rings. The summed E-state index contributed by atoms with van der Waals surface area (Å²) in [5.41, 5.74) is 3.03. The molecule has 1 unspecified atom stereocenters. The van der Waals surface area contributed by atoms with Crippen molar-refractivity contribution in [3.8, 4) is 11.5 Å². The molecule has 2 aromatic carbocycles. The average molecular weight is 286 g/mol. The number of ether oxygens (including phenoxy) is 2. The second kappa shape index (κ2) is 7.14. The van der Waals surface area contributed by atoms with Crippen molar-refractivity contribution in [2.75, 3.05) is 7.11 Å². The highest BCUT2D eigenvalue weighted by Gasteiger charge is 2.08. The van der Waals surface area contributed by atoms with E-state index in [0.29, 0.717) is 6.61 Å². The molecule has 0 aliphatic heterocycles. The van der Waals surface area contributed by atoms with Gasteiger partial charge in [0.15, 0.2) is 0 Å². The summed E-state index contributed by atoms with van der Waals surface area (Å²) in [7, 11) is 1.64. The van der Waals surface area contributed by atoms with Gasteiger partial charge in [0.2, 0.25) is 0 Å². The van der Waals surface area contributed by atoms with Gasteiger partial charge in [-0.2, -0.15) is 0 Å². The van der Waals surface area contributed by atoms with Crippen molar-refractivity contribution in [3.05, 3.63) is 59.2 Å². The summed E-state index contributed by atoms with van der Waals surface area (Å²) in [6.45, 7) is 4.28. The minimum atomic E-state index is -0.502. The van der Waals surface area contributed by atoms with Gasteiger partial charge in [-0.3, -0.25) is 0 Å².